The second kappa shape index (κ2) is 9.83. The van der Waals surface area contributed by atoms with Crippen molar-refractivity contribution in [1.29, 1.82) is 0 Å². The van der Waals surface area contributed by atoms with Gasteiger partial charge in [0.15, 0.2) is 5.78 Å². The quantitative estimate of drug-likeness (QED) is 0.306. The highest BCUT2D eigenvalue weighted by molar-refractivity contribution is 6.06. The molecular weight excluding hydrogens is 308 g/mol. The van der Waals surface area contributed by atoms with Gasteiger partial charge in [-0.25, -0.2) is 0 Å². The first kappa shape index (κ1) is 19.0. The van der Waals surface area contributed by atoms with Crippen LogP contribution < -0.4 is 4.74 Å². The third-order valence-electron chi connectivity index (χ3n) is 4.19. The zero-order valence-electron chi connectivity index (χ0n) is 15.5. The molecule has 25 heavy (non-hydrogen) atoms. The minimum atomic E-state index is 0.0233. The Kier molecular flexibility index (Phi) is 7.46. The van der Waals surface area contributed by atoms with Gasteiger partial charge in [0.25, 0.3) is 0 Å². The molecule has 0 bridgehead atoms. The van der Waals surface area contributed by atoms with Crippen LogP contribution in [-0.2, 0) is 0 Å². The maximum atomic E-state index is 12.3. The summed E-state index contributed by atoms with van der Waals surface area (Å²) in [5.74, 6) is 1.38. The highest BCUT2D eigenvalue weighted by atomic mass is 16.5. The molecule has 0 saturated heterocycles. The third kappa shape index (κ3) is 6.22. The zero-order chi connectivity index (χ0) is 18.1. The van der Waals surface area contributed by atoms with Gasteiger partial charge >= 0.3 is 0 Å². The largest absolute Gasteiger partial charge is 0.494 e. The van der Waals surface area contributed by atoms with Gasteiger partial charge in [0.1, 0.15) is 5.75 Å². The van der Waals surface area contributed by atoms with Crippen LogP contribution in [0.5, 0.6) is 5.75 Å². The van der Waals surface area contributed by atoms with Crippen molar-refractivity contribution in [2.45, 2.75) is 46.0 Å². The van der Waals surface area contributed by atoms with E-state index in [-0.39, 0.29) is 5.78 Å². The number of ketones is 1. The summed E-state index contributed by atoms with van der Waals surface area (Å²) in [5.41, 5.74) is 2.96. The summed E-state index contributed by atoms with van der Waals surface area (Å²) in [5, 5.41) is 0. The van der Waals surface area contributed by atoms with Crippen molar-refractivity contribution in [2.75, 3.05) is 6.61 Å². The lowest BCUT2D eigenvalue weighted by Crippen LogP contribution is -1.97. The Hall–Kier alpha value is -2.35. The molecule has 0 heterocycles. The monoisotopic (exact) mass is 336 g/mol. The van der Waals surface area contributed by atoms with Crippen LogP contribution in [0, 0.1) is 0 Å². The molecule has 0 aliphatic heterocycles. The van der Waals surface area contributed by atoms with E-state index < -0.39 is 0 Å². The first-order chi connectivity index (χ1) is 12.1. The van der Waals surface area contributed by atoms with Gasteiger partial charge in [-0.05, 0) is 41.7 Å². The summed E-state index contributed by atoms with van der Waals surface area (Å²) >= 11 is 0. The second-order valence-corrected chi connectivity index (χ2v) is 6.60. The molecule has 0 atom stereocenters. The minimum Gasteiger partial charge on any atom is -0.494 e. The molecule has 0 unspecified atom stereocenters. The maximum Gasteiger partial charge on any atom is 0.185 e. The van der Waals surface area contributed by atoms with Gasteiger partial charge in [0.05, 0.1) is 6.61 Å². The van der Waals surface area contributed by atoms with Gasteiger partial charge in [-0.3, -0.25) is 4.79 Å². The van der Waals surface area contributed by atoms with E-state index in [0.717, 1.165) is 29.9 Å². The summed E-state index contributed by atoms with van der Waals surface area (Å²) in [6.45, 7) is 7.23. The van der Waals surface area contributed by atoms with Crippen LogP contribution in [0.15, 0.2) is 54.6 Å². The highest BCUT2D eigenvalue weighted by Gasteiger charge is 2.03. The van der Waals surface area contributed by atoms with Crippen molar-refractivity contribution >= 4 is 11.9 Å². The average molecular weight is 336 g/mol. The Labute approximate surface area is 151 Å². The molecule has 0 aliphatic rings. The van der Waals surface area contributed by atoms with Gasteiger partial charge < -0.3 is 4.74 Å². The van der Waals surface area contributed by atoms with E-state index in [1.807, 2.05) is 54.6 Å². The van der Waals surface area contributed by atoms with Gasteiger partial charge in [-0.15, -0.1) is 0 Å². The summed E-state index contributed by atoms with van der Waals surface area (Å²) < 4.78 is 5.70. The Morgan fingerprint density at radius 1 is 1.00 bits per heavy atom. The van der Waals surface area contributed by atoms with Crippen LogP contribution in [0.4, 0.5) is 0 Å². The minimum absolute atomic E-state index is 0.0233. The molecule has 2 nitrogen and oxygen atoms in total. The van der Waals surface area contributed by atoms with E-state index in [1.165, 1.54) is 18.4 Å². The number of carbonyl (C=O) groups excluding carboxylic acids is 1. The molecule has 2 heteroatoms. The van der Waals surface area contributed by atoms with Gasteiger partial charge in [-0.1, -0.05) is 76.1 Å². The van der Waals surface area contributed by atoms with Crippen LogP contribution in [0.3, 0.4) is 0 Å². The maximum absolute atomic E-state index is 12.3. The number of unbranched alkanes of at least 4 members (excludes halogenated alkanes) is 2. The SMILES string of the molecule is CCCCCOc1ccc(/C=C/C(=O)c2ccc(C(C)C)cc2)cc1. The van der Waals surface area contributed by atoms with E-state index in [1.54, 1.807) is 6.08 Å². The van der Waals surface area contributed by atoms with Crippen molar-refractivity contribution in [2.24, 2.45) is 0 Å². The summed E-state index contributed by atoms with van der Waals surface area (Å²) in [4.78, 5) is 12.3. The zero-order valence-corrected chi connectivity index (χ0v) is 15.5. The van der Waals surface area contributed by atoms with Crippen LogP contribution in [0.2, 0.25) is 0 Å². The van der Waals surface area contributed by atoms with Gasteiger partial charge in [0.2, 0.25) is 0 Å². The molecule has 0 fully saturated rings. The highest BCUT2D eigenvalue weighted by Crippen LogP contribution is 2.16. The third-order valence-corrected chi connectivity index (χ3v) is 4.19. The second-order valence-electron chi connectivity index (χ2n) is 6.60. The van der Waals surface area contributed by atoms with Crippen molar-refractivity contribution < 1.29 is 9.53 Å². The summed E-state index contributed by atoms with van der Waals surface area (Å²) in [7, 11) is 0. The predicted octanol–water partition coefficient (Wildman–Crippen LogP) is 6.28. The number of ether oxygens (including phenoxy) is 1. The Balaban J connectivity index is 1.91. The molecule has 0 amide bonds. The van der Waals surface area contributed by atoms with Gasteiger partial charge in [0, 0.05) is 5.56 Å². The summed E-state index contributed by atoms with van der Waals surface area (Å²) in [6.07, 6.45) is 6.95. The molecule has 2 aromatic rings. The topological polar surface area (TPSA) is 26.3 Å². The molecule has 0 aromatic heterocycles. The fourth-order valence-electron chi connectivity index (χ4n) is 2.52. The van der Waals surface area contributed by atoms with Crippen molar-refractivity contribution in [3.63, 3.8) is 0 Å². The van der Waals surface area contributed by atoms with Crippen LogP contribution in [0.25, 0.3) is 6.08 Å². The first-order valence-electron chi connectivity index (χ1n) is 9.15. The predicted molar refractivity (Wildman–Crippen MR) is 105 cm³/mol. The van der Waals surface area contributed by atoms with Crippen LogP contribution in [0.1, 0.15) is 67.4 Å². The number of carbonyl (C=O) groups is 1. The molecule has 0 saturated carbocycles. The van der Waals surface area contributed by atoms with Crippen LogP contribution in [-0.4, -0.2) is 12.4 Å². The fourth-order valence-corrected chi connectivity index (χ4v) is 2.52. The molecule has 0 spiro atoms. The molecule has 0 aliphatic carbocycles. The normalized spacial score (nSPS) is 11.2. The smallest absolute Gasteiger partial charge is 0.185 e. The van der Waals surface area contributed by atoms with Gasteiger partial charge in [-0.2, -0.15) is 0 Å². The lowest BCUT2D eigenvalue weighted by molar-refractivity contribution is 0.104. The Morgan fingerprint density at radius 2 is 1.68 bits per heavy atom. The number of benzene rings is 2. The lowest BCUT2D eigenvalue weighted by atomic mass is 10.0. The Bertz CT molecular complexity index is 679. The molecule has 132 valence electrons. The molecule has 2 rings (SSSR count). The fraction of sp³-hybridized carbons (Fsp3) is 0.348. The molecule has 2 aromatic carbocycles. The van der Waals surface area contributed by atoms with Crippen molar-refractivity contribution in [3.05, 3.63) is 71.3 Å². The average Bonchev–Trinajstić information content (AvgIpc) is 2.64. The molecule has 0 radical (unpaired) electrons. The number of hydrogen-bond acceptors (Lipinski definition) is 2. The summed E-state index contributed by atoms with van der Waals surface area (Å²) in [6, 6.07) is 15.7. The molecular formula is C23H28O2. The van der Waals surface area contributed by atoms with E-state index in [2.05, 4.69) is 20.8 Å². The van der Waals surface area contributed by atoms with E-state index >= 15 is 0 Å². The number of hydrogen-bond donors (Lipinski definition) is 0. The Morgan fingerprint density at radius 3 is 2.28 bits per heavy atom. The number of allylic oxidation sites excluding steroid dienone is 1. The van der Waals surface area contributed by atoms with E-state index in [0.29, 0.717) is 5.92 Å². The van der Waals surface area contributed by atoms with E-state index in [9.17, 15) is 4.79 Å². The van der Waals surface area contributed by atoms with Crippen molar-refractivity contribution in [3.8, 4) is 5.75 Å². The first-order valence-corrected chi connectivity index (χ1v) is 9.15. The lowest BCUT2D eigenvalue weighted by Gasteiger charge is -2.06. The van der Waals surface area contributed by atoms with E-state index in [4.69, 9.17) is 4.74 Å². The van der Waals surface area contributed by atoms with Crippen LogP contribution >= 0.6 is 0 Å². The molecule has 0 N–H and O–H groups in total. The number of rotatable bonds is 9. The standard InChI is InChI=1S/C23H28O2/c1-4-5-6-17-25-22-14-7-19(8-15-22)9-16-23(24)21-12-10-20(11-13-21)18(2)3/h7-16,18H,4-6,17H2,1-3H3/b16-9+. The van der Waals surface area contributed by atoms with Crippen molar-refractivity contribution in [1.82, 2.24) is 0 Å².